The molecule has 0 atom stereocenters. The highest BCUT2D eigenvalue weighted by molar-refractivity contribution is 5.67. The lowest BCUT2D eigenvalue weighted by atomic mass is 10.3. The number of aromatic nitrogens is 2. The Morgan fingerprint density at radius 2 is 2.07 bits per heavy atom. The summed E-state index contributed by atoms with van der Waals surface area (Å²) < 4.78 is 41.2. The molecule has 0 fully saturated rings. The topological polar surface area (TPSA) is 67.8 Å². The zero-order valence-corrected chi connectivity index (χ0v) is 7.30. The van der Waals surface area contributed by atoms with Gasteiger partial charge in [-0.3, -0.25) is 5.10 Å². The highest BCUT2D eigenvalue weighted by Gasteiger charge is 2.35. The van der Waals surface area contributed by atoms with E-state index in [4.69, 9.17) is 5.73 Å². The molecule has 0 amide bonds. The van der Waals surface area contributed by atoms with Crippen LogP contribution < -0.4 is 5.73 Å². The van der Waals surface area contributed by atoms with E-state index in [1.54, 1.807) is 0 Å². The number of aromatic amines is 1. The van der Waals surface area contributed by atoms with E-state index >= 15 is 0 Å². The zero-order chi connectivity index (χ0) is 11.1. The van der Waals surface area contributed by atoms with Crippen LogP contribution in [-0.2, 0) is 6.18 Å². The number of furan rings is 1. The molecule has 0 aliphatic heterocycles. The fraction of sp³-hybridized carbons (Fsp3) is 0.125. The molecule has 0 unspecified atom stereocenters. The standard InChI is InChI=1S/C8H6F3N3O/c9-8(10,11)6-2-1-5(15-6)7-4(12)3-13-14-7/h1-3H,12H2,(H,13,14). The second-order valence-electron chi connectivity index (χ2n) is 2.86. The Balaban J connectivity index is 2.41. The van der Waals surface area contributed by atoms with E-state index < -0.39 is 11.9 Å². The molecule has 7 heteroatoms. The van der Waals surface area contributed by atoms with Gasteiger partial charge in [-0.15, -0.1) is 0 Å². The van der Waals surface area contributed by atoms with Crippen LogP contribution in [0.5, 0.6) is 0 Å². The van der Waals surface area contributed by atoms with Gasteiger partial charge in [0.15, 0.2) is 5.76 Å². The molecular formula is C8H6F3N3O. The minimum Gasteiger partial charge on any atom is -0.450 e. The third kappa shape index (κ3) is 1.67. The lowest BCUT2D eigenvalue weighted by molar-refractivity contribution is -0.152. The molecule has 0 bridgehead atoms. The molecule has 0 radical (unpaired) electrons. The van der Waals surface area contributed by atoms with E-state index in [1.807, 2.05) is 0 Å². The van der Waals surface area contributed by atoms with Crippen LogP contribution in [0.15, 0.2) is 22.7 Å². The molecule has 15 heavy (non-hydrogen) atoms. The van der Waals surface area contributed by atoms with E-state index in [-0.39, 0.29) is 17.1 Å². The maximum Gasteiger partial charge on any atom is 0.449 e. The Bertz CT molecular complexity index is 471. The maximum absolute atomic E-state index is 12.2. The highest BCUT2D eigenvalue weighted by atomic mass is 19.4. The van der Waals surface area contributed by atoms with Crippen LogP contribution in [-0.4, -0.2) is 10.2 Å². The molecule has 0 saturated carbocycles. The Morgan fingerprint density at radius 1 is 1.33 bits per heavy atom. The molecule has 3 N–H and O–H groups in total. The smallest absolute Gasteiger partial charge is 0.449 e. The molecule has 0 spiro atoms. The quantitative estimate of drug-likeness (QED) is 0.769. The minimum atomic E-state index is -4.49. The maximum atomic E-state index is 12.2. The molecule has 2 aromatic rings. The number of rotatable bonds is 1. The summed E-state index contributed by atoms with van der Waals surface area (Å²) in [6.07, 6.45) is -3.20. The van der Waals surface area contributed by atoms with Crippen LogP contribution in [0.2, 0.25) is 0 Å². The Kier molecular flexibility index (Phi) is 1.95. The van der Waals surface area contributed by atoms with E-state index in [0.717, 1.165) is 6.07 Å². The van der Waals surface area contributed by atoms with Gasteiger partial charge in [0.1, 0.15) is 5.69 Å². The van der Waals surface area contributed by atoms with Gasteiger partial charge in [-0.2, -0.15) is 18.3 Å². The van der Waals surface area contributed by atoms with Gasteiger partial charge in [-0.1, -0.05) is 0 Å². The summed E-state index contributed by atoms with van der Waals surface area (Å²) in [5, 5.41) is 6.03. The van der Waals surface area contributed by atoms with E-state index in [1.165, 1.54) is 12.3 Å². The van der Waals surface area contributed by atoms with Crippen LogP contribution >= 0.6 is 0 Å². The zero-order valence-electron chi connectivity index (χ0n) is 7.30. The summed E-state index contributed by atoms with van der Waals surface area (Å²) in [7, 11) is 0. The number of nitrogens with two attached hydrogens (primary N) is 1. The number of alkyl halides is 3. The van der Waals surface area contributed by atoms with E-state index in [2.05, 4.69) is 14.6 Å². The average molecular weight is 217 g/mol. The third-order valence-corrected chi connectivity index (χ3v) is 1.80. The molecule has 0 aliphatic rings. The van der Waals surface area contributed by atoms with Crippen LogP contribution in [0.4, 0.5) is 18.9 Å². The lowest BCUT2D eigenvalue weighted by Crippen LogP contribution is -2.01. The van der Waals surface area contributed by atoms with Crippen molar-refractivity contribution in [2.75, 3.05) is 5.73 Å². The predicted octanol–water partition coefficient (Wildman–Crippen LogP) is 2.27. The third-order valence-electron chi connectivity index (χ3n) is 1.80. The number of anilines is 1. The molecule has 0 aromatic carbocycles. The molecular weight excluding hydrogens is 211 g/mol. The monoisotopic (exact) mass is 217 g/mol. The van der Waals surface area contributed by atoms with Crippen molar-refractivity contribution in [2.24, 2.45) is 0 Å². The summed E-state index contributed by atoms with van der Waals surface area (Å²) in [5.74, 6) is -1.05. The molecule has 80 valence electrons. The van der Waals surface area contributed by atoms with Gasteiger partial charge in [-0.05, 0) is 12.1 Å². The van der Waals surface area contributed by atoms with Crippen molar-refractivity contribution in [1.29, 1.82) is 0 Å². The van der Waals surface area contributed by atoms with Gasteiger partial charge < -0.3 is 10.2 Å². The SMILES string of the molecule is Nc1cn[nH]c1-c1ccc(C(F)(F)F)o1. The normalized spacial score (nSPS) is 11.9. The van der Waals surface area contributed by atoms with E-state index in [0.29, 0.717) is 0 Å². The Hall–Kier alpha value is -1.92. The number of halogens is 3. The summed E-state index contributed by atoms with van der Waals surface area (Å²) in [5.41, 5.74) is 5.93. The fourth-order valence-electron chi connectivity index (χ4n) is 1.12. The summed E-state index contributed by atoms with van der Waals surface area (Å²) >= 11 is 0. The van der Waals surface area contributed by atoms with Crippen molar-refractivity contribution in [3.63, 3.8) is 0 Å². The highest BCUT2D eigenvalue weighted by Crippen LogP contribution is 2.34. The van der Waals surface area contributed by atoms with Gasteiger partial charge in [0, 0.05) is 0 Å². The van der Waals surface area contributed by atoms with Crippen molar-refractivity contribution in [2.45, 2.75) is 6.18 Å². The van der Waals surface area contributed by atoms with Gasteiger partial charge in [0.05, 0.1) is 11.9 Å². The van der Waals surface area contributed by atoms with Crippen LogP contribution in [0.1, 0.15) is 5.76 Å². The first-order valence-corrected chi connectivity index (χ1v) is 3.95. The number of nitrogen functional groups attached to an aromatic ring is 1. The average Bonchev–Trinajstić information content (AvgIpc) is 2.69. The van der Waals surface area contributed by atoms with Crippen molar-refractivity contribution >= 4 is 5.69 Å². The summed E-state index contributed by atoms with van der Waals surface area (Å²) in [4.78, 5) is 0. The molecule has 0 aliphatic carbocycles. The first kappa shape index (κ1) is 9.63. The van der Waals surface area contributed by atoms with Gasteiger partial charge in [-0.25, -0.2) is 0 Å². The summed E-state index contributed by atoms with van der Waals surface area (Å²) in [6.45, 7) is 0. The van der Waals surface area contributed by atoms with Crippen molar-refractivity contribution in [3.05, 3.63) is 24.1 Å². The molecule has 2 rings (SSSR count). The number of H-pyrrole nitrogens is 1. The minimum absolute atomic E-state index is 0.0114. The first-order chi connectivity index (χ1) is 6.98. The van der Waals surface area contributed by atoms with Crippen molar-refractivity contribution < 1.29 is 17.6 Å². The van der Waals surface area contributed by atoms with Gasteiger partial charge in [0.2, 0.25) is 5.76 Å². The second-order valence-corrected chi connectivity index (χ2v) is 2.86. The van der Waals surface area contributed by atoms with Gasteiger partial charge in [0.25, 0.3) is 0 Å². The number of hydrogen-bond acceptors (Lipinski definition) is 3. The largest absolute Gasteiger partial charge is 0.450 e. The van der Waals surface area contributed by atoms with Gasteiger partial charge >= 0.3 is 6.18 Å². The van der Waals surface area contributed by atoms with Crippen molar-refractivity contribution in [3.8, 4) is 11.5 Å². The second kappa shape index (κ2) is 3.04. The molecule has 2 heterocycles. The number of nitrogens with zero attached hydrogens (tertiary/aromatic N) is 1. The van der Waals surface area contributed by atoms with Crippen molar-refractivity contribution in [1.82, 2.24) is 10.2 Å². The number of nitrogens with one attached hydrogen (secondary N) is 1. The van der Waals surface area contributed by atoms with Crippen LogP contribution in [0.25, 0.3) is 11.5 Å². The predicted molar refractivity (Wildman–Crippen MR) is 45.7 cm³/mol. The van der Waals surface area contributed by atoms with Crippen LogP contribution in [0, 0.1) is 0 Å². The van der Waals surface area contributed by atoms with Crippen LogP contribution in [0.3, 0.4) is 0 Å². The number of hydrogen-bond donors (Lipinski definition) is 2. The molecule has 0 saturated heterocycles. The molecule has 2 aromatic heterocycles. The first-order valence-electron chi connectivity index (χ1n) is 3.95. The Labute approximate surface area is 81.9 Å². The molecule has 4 nitrogen and oxygen atoms in total. The van der Waals surface area contributed by atoms with E-state index in [9.17, 15) is 13.2 Å². The summed E-state index contributed by atoms with van der Waals surface area (Å²) in [6, 6.07) is 2.03. The lowest BCUT2D eigenvalue weighted by Gasteiger charge is -2.00. The fourth-order valence-corrected chi connectivity index (χ4v) is 1.12. The Morgan fingerprint density at radius 3 is 2.53 bits per heavy atom.